The number of thiophene rings is 1. The van der Waals surface area contributed by atoms with E-state index in [4.69, 9.17) is 16.6 Å². The van der Waals surface area contributed by atoms with Crippen LogP contribution in [-0.4, -0.2) is 73.2 Å². The Balaban J connectivity index is 1.06. The number of aliphatic hydroxyl groups excluding tert-OH is 1. The van der Waals surface area contributed by atoms with Crippen molar-refractivity contribution in [2.45, 2.75) is 58.3 Å². The lowest BCUT2D eigenvalue weighted by Crippen LogP contribution is -2.53. The van der Waals surface area contributed by atoms with E-state index in [0.717, 1.165) is 37.2 Å². The Bertz CT molecular complexity index is 2060. The highest BCUT2D eigenvalue weighted by Crippen LogP contribution is 2.41. The number of hydrogen-bond acceptors (Lipinski definition) is 10. The van der Waals surface area contributed by atoms with E-state index in [9.17, 15) is 24.3 Å². The Labute approximate surface area is 290 Å². The van der Waals surface area contributed by atoms with Crippen LogP contribution in [0.3, 0.4) is 0 Å². The summed E-state index contributed by atoms with van der Waals surface area (Å²) in [7, 11) is 0. The average Bonchev–Trinajstić information content (AvgIpc) is 3.65. The first kappa shape index (κ1) is 32.6. The van der Waals surface area contributed by atoms with Gasteiger partial charge in [0.15, 0.2) is 12.1 Å². The van der Waals surface area contributed by atoms with E-state index in [1.807, 2.05) is 35.8 Å². The Kier molecular flexibility index (Phi) is 8.55. The molecule has 1 saturated heterocycles. The fourth-order valence-corrected chi connectivity index (χ4v) is 7.95. The topological polar surface area (TPSA) is 171 Å². The third-order valence-electron chi connectivity index (χ3n) is 9.14. The van der Waals surface area contributed by atoms with Gasteiger partial charge in [0.1, 0.15) is 22.9 Å². The highest BCUT2D eigenvalue weighted by atomic mass is 35.5. The minimum atomic E-state index is -1.37. The second kappa shape index (κ2) is 12.8. The predicted octanol–water partition coefficient (Wildman–Crippen LogP) is 3.67. The summed E-state index contributed by atoms with van der Waals surface area (Å²) < 4.78 is 1.99. The number of nitrogens with zero attached hydrogens (tertiary/aromatic N) is 5. The van der Waals surface area contributed by atoms with E-state index < -0.39 is 36.0 Å². The number of benzene rings is 2. The molecule has 49 heavy (non-hydrogen) atoms. The normalized spacial score (nSPS) is 19.9. The molecule has 0 radical (unpaired) electrons. The van der Waals surface area contributed by atoms with Crippen LogP contribution in [0.4, 0.5) is 5.69 Å². The minimum Gasteiger partial charge on any atom is -0.383 e. The molecule has 2 unspecified atom stereocenters. The van der Waals surface area contributed by atoms with Gasteiger partial charge in [-0.05, 0) is 57.0 Å². The van der Waals surface area contributed by atoms with Crippen LogP contribution in [0.25, 0.3) is 5.00 Å². The second-order valence-corrected chi connectivity index (χ2v) is 13.8. The molecule has 7 rings (SSSR count). The molecule has 13 nitrogen and oxygen atoms in total. The maximum absolute atomic E-state index is 13.4. The van der Waals surface area contributed by atoms with Crippen molar-refractivity contribution in [2.75, 3.05) is 18.4 Å². The van der Waals surface area contributed by atoms with E-state index in [1.165, 1.54) is 0 Å². The molecule has 5 heterocycles. The zero-order valence-corrected chi connectivity index (χ0v) is 28.5. The summed E-state index contributed by atoms with van der Waals surface area (Å²) in [4.78, 5) is 58.1. The van der Waals surface area contributed by atoms with Gasteiger partial charge in [0.05, 0.1) is 12.1 Å². The molecule has 2 aromatic heterocycles. The van der Waals surface area contributed by atoms with Gasteiger partial charge in [-0.15, -0.1) is 21.5 Å². The van der Waals surface area contributed by atoms with E-state index in [1.54, 1.807) is 29.5 Å². The number of halogens is 1. The molecule has 252 valence electrons. The lowest BCUT2D eigenvalue weighted by atomic mass is 9.99. The summed E-state index contributed by atoms with van der Waals surface area (Å²) in [5.74, 6) is -0.465. The van der Waals surface area contributed by atoms with Gasteiger partial charge >= 0.3 is 0 Å². The first-order chi connectivity index (χ1) is 23.5. The van der Waals surface area contributed by atoms with Gasteiger partial charge in [0, 0.05) is 57.4 Å². The number of aliphatic hydroxyl groups is 1. The average molecular weight is 701 g/mol. The van der Waals surface area contributed by atoms with Gasteiger partial charge in [-0.2, -0.15) is 0 Å². The van der Waals surface area contributed by atoms with Crippen molar-refractivity contribution >= 4 is 58.0 Å². The number of rotatable bonds is 8. The lowest BCUT2D eigenvalue weighted by Gasteiger charge is -2.32. The molecule has 2 aromatic carbocycles. The molecule has 0 bridgehead atoms. The van der Waals surface area contributed by atoms with Crippen molar-refractivity contribution in [3.8, 4) is 5.00 Å². The predicted molar refractivity (Wildman–Crippen MR) is 183 cm³/mol. The molecule has 0 saturated carbocycles. The molecule has 3 aliphatic heterocycles. The quantitative estimate of drug-likeness (QED) is 0.159. The molecule has 3 aliphatic rings. The van der Waals surface area contributed by atoms with Crippen LogP contribution >= 0.6 is 22.9 Å². The second-order valence-electron chi connectivity index (χ2n) is 12.2. The minimum absolute atomic E-state index is 0.0249. The molecule has 3 atom stereocenters. The van der Waals surface area contributed by atoms with Crippen LogP contribution < -0.4 is 16.0 Å². The molecule has 15 heteroatoms. The monoisotopic (exact) mass is 700 g/mol. The van der Waals surface area contributed by atoms with Crippen molar-refractivity contribution in [3.63, 3.8) is 0 Å². The van der Waals surface area contributed by atoms with Crippen LogP contribution in [0, 0.1) is 20.8 Å². The zero-order valence-electron chi connectivity index (χ0n) is 26.9. The summed E-state index contributed by atoms with van der Waals surface area (Å²) in [5, 5.41) is 29.9. The van der Waals surface area contributed by atoms with Gasteiger partial charge in [0.25, 0.3) is 5.91 Å². The molecular formula is C34H33ClN8O5S. The van der Waals surface area contributed by atoms with E-state index in [-0.39, 0.29) is 43.8 Å². The molecule has 0 spiro atoms. The molecule has 0 aliphatic carbocycles. The number of aryl methyl sites for hydroxylation is 2. The Morgan fingerprint density at radius 1 is 1.08 bits per heavy atom. The number of aromatic nitrogens is 3. The summed E-state index contributed by atoms with van der Waals surface area (Å²) in [5.41, 5.74) is 4.84. The highest BCUT2D eigenvalue weighted by molar-refractivity contribution is 7.15. The third-order valence-corrected chi connectivity index (χ3v) is 10.6. The molecule has 4 N–H and O–H groups in total. The van der Waals surface area contributed by atoms with E-state index in [0.29, 0.717) is 27.9 Å². The van der Waals surface area contributed by atoms with Crippen molar-refractivity contribution in [1.82, 2.24) is 30.3 Å². The molecular weight excluding hydrogens is 668 g/mol. The van der Waals surface area contributed by atoms with Gasteiger partial charge in [-0.3, -0.25) is 39.0 Å². The Hall–Kier alpha value is -4.92. The van der Waals surface area contributed by atoms with Crippen LogP contribution in [0.1, 0.15) is 80.7 Å². The SMILES string of the molecule is Cc1sc2c(c1C)C(c1ccc(Cl)cc1)=N[C@@H](CC(=O)NCCNc1cccc3c1C(O)N(C1CCC(=O)NC1=O)C3=O)c1nnc(C)n1-2. The maximum atomic E-state index is 13.4. The number of carbonyl (C=O) groups excluding carboxylic acids is 4. The number of hydrogen-bond donors (Lipinski definition) is 4. The first-order valence-corrected chi connectivity index (χ1v) is 17.1. The van der Waals surface area contributed by atoms with Crippen LogP contribution in [0.2, 0.25) is 5.02 Å². The zero-order chi connectivity index (χ0) is 34.6. The van der Waals surface area contributed by atoms with Gasteiger partial charge in [0.2, 0.25) is 17.7 Å². The fourth-order valence-electron chi connectivity index (χ4n) is 6.61. The van der Waals surface area contributed by atoms with E-state index >= 15 is 0 Å². The van der Waals surface area contributed by atoms with Gasteiger partial charge < -0.3 is 15.7 Å². The number of imide groups is 1. The fraction of sp³-hybridized carbons (Fsp3) is 0.324. The number of anilines is 1. The Morgan fingerprint density at radius 3 is 2.61 bits per heavy atom. The number of aliphatic imine (C=N–C) groups is 1. The highest BCUT2D eigenvalue weighted by Gasteiger charge is 2.45. The number of carbonyl (C=O) groups is 4. The van der Waals surface area contributed by atoms with Crippen molar-refractivity contribution < 1.29 is 24.3 Å². The largest absolute Gasteiger partial charge is 0.383 e. The number of piperidine rings is 1. The molecule has 4 aromatic rings. The van der Waals surface area contributed by atoms with Crippen LogP contribution in [-0.2, 0) is 14.4 Å². The summed E-state index contributed by atoms with van der Waals surface area (Å²) >= 11 is 7.85. The maximum Gasteiger partial charge on any atom is 0.257 e. The lowest BCUT2D eigenvalue weighted by molar-refractivity contribution is -0.139. The smallest absolute Gasteiger partial charge is 0.257 e. The van der Waals surface area contributed by atoms with Crippen LogP contribution in [0.5, 0.6) is 0 Å². The number of fused-ring (bicyclic) bond motifs is 4. The third kappa shape index (κ3) is 5.79. The van der Waals surface area contributed by atoms with E-state index in [2.05, 4.69) is 40.0 Å². The number of amides is 4. The molecule has 1 fully saturated rings. The first-order valence-electron chi connectivity index (χ1n) is 15.9. The van der Waals surface area contributed by atoms with Gasteiger partial charge in [-0.25, -0.2) is 0 Å². The summed E-state index contributed by atoms with van der Waals surface area (Å²) in [6.45, 7) is 6.55. The number of nitrogens with one attached hydrogen (secondary N) is 3. The summed E-state index contributed by atoms with van der Waals surface area (Å²) in [6.07, 6.45) is -1.14. The van der Waals surface area contributed by atoms with Crippen molar-refractivity contribution in [3.05, 3.63) is 91.8 Å². The standard InChI is InChI=1S/C34H33ClN8O5S/c1-16-17(2)49-34-27(16)29(19-7-9-20(35)10-8-19)38-23(30-41-40-18(3)42(30)34)15-26(45)37-14-13-36-22-6-4-5-21-28(22)33(48)43(32(21)47)24-11-12-25(44)39-31(24)46/h4-10,23-24,33,36,48H,11-15H2,1-3H3,(H,37,45)(H,39,44,46)/t23-,24?,33?/m0/s1. The van der Waals surface area contributed by atoms with Crippen molar-refractivity contribution in [1.29, 1.82) is 0 Å². The summed E-state index contributed by atoms with van der Waals surface area (Å²) in [6, 6.07) is 10.9. The molecule has 4 amide bonds. The van der Waals surface area contributed by atoms with Gasteiger partial charge in [-0.1, -0.05) is 29.8 Å². The Morgan fingerprint density at radius 2 is 1.86 bits per heavy atom. The van der Waals surface area contributed by atoms with Crippen LogP contribution in [0.15, 0.2) is 47.5 Å². The van der Waals surface area contributed by atoms with Crippen molar-refractivity contribution in [2.24, 2.45) is 4.99 Å².